The van der Waals surface area contributed by atoms with Crippen LogP contribution in [0.15, 0.2) is 12.1 Å². The largest absolute Gasteiger partial charge is 0.370 e. The number of nitrogen functional groups attached to an aromatic ring is 1. The monoisotopic (exact) mass is 290 g/mol. The number of anilines is 2. The topological polar surface area (TPSA) is 166 Å². The third-order valence-electron chi connectivity index (χ3n) is 2.08. The zero-order chi connectivity index (χ0) is 14.5. The molecule has 1 aromatic heterocycles. The summed E-state index contributed by atoms with van der Waals surface area (Å²) in [6.07, 6.45) is 0.259. The Morgan fingerprint density at radius 2 is 2.00 bits per heavy atom. The number of pyridine rings is 1. The van der Waals surface area contributed by atoms with Gasteiger partial charge in [0.05, 0.1) is 22.8 Å². The van der Waals surface area contributed by atoms with Crippen LogP contribution in [0.3, 0.4) is 0 Å². The van der Waals surface area contributed by atoms with Crippen molar-refractivity contribution in [2.75, 3.05) is 23.0 Å². The fourth-order valence-corrected chi connectivity index (χ4v) is 1.82. The lowest BCUT2D eigenvalue weighted by Gasteiger charge is -2.07. The van der Waals surface area contributed by atoms with E-state index in [0.717, 1.165) is 0 Å². The minimum absolute atomic E-state index is 0.128. The van der Waals surface area contributed by atoms with E-state index in [-0.39, 0.29) is 36.0 Å². The van der Waals surface area contributed by atoms with E-state index in [2.05, 4.69) is 15.7 Å². The van der Waals surface area contributed by atoms with Gasteiger partial charge in [0.2, 0.25) is 10.0 Å². The molecule has 0 spiro atoms. The fraction of sp³-hybridized carbons (Fsp3) is 0.375. The molecule has 0 atom stereocenters. The van der Waals surface area contributed by atoms with E-state index in [9.17, 15) is 18.5 Å². The maximum atomic E-state index is 10.7. The number of hydrogen-bond acceptors (Lipinski definition) is 8. The maximum Gasteiger partial charge on any atom is 0.276 e. The highest BCUT2D eigenvalue weighted by Gasteiger charge is 2.10. The molecule has 0 aliphatic heterocycles. The number of nitrogens with two attached hydrogens (primary N) is 2. The van der Waals surface area contributed by atoms with Crippen LogP contribution < -0.4 is 21.7 Å². The number of hydrazine groups is 1. The molecular weight excluding hydrogens is 276 g/mol. The normalized spacial score (nSPS) is 11.1. The van der Waals surface area contributed by atoms with Gasteiger partial charge in [-0.1, -0.05) is 0 Å². The van der Waals surface area contributed by atoms with Gasteiger partial charge in [0.25, 0.3) is 5.69 Å². The second-order valence-corrected chi connectivity index (χ2v) is 5.38. The Bertz CT molecular complexity index is 560. The predicted molar refractivity (Wildman–Crippen MR) is 69.8 cm³/mol. The molecule has 106 valence electrons. The van der Waals surface area contributed by atoms with Gasteiger partial charge in [-0.25, -0.2) is 24.4 Å². The highest BCUT2D eigenvalue weighted by atomic mass is 32.2. The first kappa shape index (κ1) is 15.1. The molecular formula is C8H14N6O4S. The van der Waals surface area contributed by atoms with Crippen LogP contribution in [0, 0.1) is 10.1 Å². The smallest absolute Gasteiger partial charge is 0.276 e. The van der Waals surface area contributed by atoms with Crippen LogP contribution in [0.25, 0.3) is 0 Å². The molecule has 11 heteroatoms. The number of hydrogen-bond donors (Lipinski definition) is 4. The van der Waals surface area contributed by atoms with Gasteiger partial charge in [-0.2, -0.15) is 0 Å². The van der Waals surface area contributed by atoms with Crippen molar-refractivity contribution in [2.24, 2.45) is 11.0 Å². The summed E-state index contributed by atoms with van der Waals surface area (Å²) >= 11 is 0. The van der Waals surface area contributed by atoms with Crippen molar-refractivity contribution in [3.05, 3.63) is 22.2 Å². The Kier molecular flexibility index (Phi) is 4.97. The van der Waals surface area contributed by atoms with Crippen molar-refractivity contribution in [1.29, 1.82) is 0 Å². The molecule has 0 saturated carbocycles. The van der Waals surface area contributed by atoms with E-state index in [4.69, 9.17) is 11.0 Å². The quantitative estimate of drug-likeness (QED) is 0.223. The Hall–Kier alpha value is -1.98. The van der Waals surface area contributed by atoms with E-state index >= 15 is 0 Å². The van der Waals surface area contributed by atoms with E-state index in [1.54, 1.807) is 0 Å². The summed E-state index contributed by atoms with van der Waals surface area (Å²) in [5, 5.41) is 18.3. The lowest BCUT2D eigenvalue weighted by molar-refractivity contribution is -0.384. The third-order valence-corrected chi connectivity index (χ3v) is 2.94. The number of nitrogens with zero attached hydrogens (tertiary/aromatic N) is 2. The number of rotatable bonds is 7. The molecule has 1 aromatic rings. The molecule has 0 aliphatic rings. The predicted octanol–water partition coefficient (Wildman–Crippen LogP) is -0.634. The fourth-order valence-electron chi connectivity index (χ4n) is 1.28. The lowest BCUT2D eigenvalue weighted by Crippen LogP contribution is -2.19. The number of nitrogens with one attached hydrogen (secondary N) is 2. The summed E-state index contributed by atoms with van der Waals surface area (Å²) in [7, 11) is -3.51. The van der Waals surface area contributed by atoms with Gasteiger partial charge in [0, 0.05) is 6.54 Å². The zero-order valence-corrected chi connectivity index (χ0v) is 10.7. The van der Waals surface area contributed by atoms with Crippen LogP contribution in [0.4, 0.5) is 17.3 Å². The van der Waals surface area contributed by atoms with Gasteiger partial charge in [-0.05, 0) is 6.42 Å². The molecule has 1 heterocycles. The summed E-state index contributed by atoms with van der Waals surface area (Å²) in [6.45, 7) is 0.259. The highest BCUT2D eigenvalue weighted by molar-refractivity contribution is 7.89. The van der Waals surface area contributed by atoms with Crippen LogP contribution in [-0.4, -0.2) is 30.6 Å². The average Bonchev–Trinajstić information content (AvgIpc) is 2.33. The molecule has 0 saturated heterocycles. The van der Waals surface area contributed by atoms with E-state index in [1.807, 2.05) is 0 Å². The molecule has 1 rings (SSSR count). The molecule has 10 nitrogen and oxygen atoms in total. The van der Waals surface area contributed by atoms with Crippen molar-refractivity contribution in [3.8, 4) is 0 Å². The number of nitro groups is 1. The Morgan fingerprint density at radius 3 is 2.53 bits per heavy atom. The molecule has 0 fully saturated rings. The van der Waals surface area contributed by atoms with Crippen molar-refractivity contribution in [2.45, 2.75) is 6.42 Å². The second-order valence-electron chi connectivity index (χ2n) is 3.64. The summed E-state index contributed by atoms with van der Waals surface area (Å²) in [5.74, 6) is 5.30. The molecule has 0 radical (unpaired) electrons. The first-order valence-electron chi connectivity index (χ1n) is 5.19. The minimum Gasteiger partial charge on any atom is -0.370 e. The molecule has 0 aliphatic carbocycles. The van der Waals surface area contributed by atoms with Crippen molar-refractivity contribution >= 4 is 27.3 Å². The Labute approximate surface area is 109 Å². The van der Waals surface area contributed by atoms with E-state index in [0.29, 0.717) is 0 Å². The van der Waals surface area contributed by atoms with Gasteiger partial charge in [0.15, 0.2) is 0 Å². The summed E-state index contributed by atoms with van der Waals surface area (Å²) < 4.78 is 21.4. The van der Waals surface area contributed by atoms with Crippen molar-refractivity contribution in [3.63, 3.8) is 0 Å². The number of primary sulfonamides is 1. The van der Waals surface area contributed by atoms with E-state index in [1.165, 1.54) is 12.1 Å². The van der Waals surface area contributed by atoms with Crippen LogP contribution in [-0.2, 0) is 10.0 Å². The van der Waals surface area contributed by atoms with Gasteiger partial charge in [-0.3, -0.25) is 10.1 Å². The lowest BCUT2D eigenvalue weighted by atomic mass is 10.3. The van der Waals surface area contributed by atoms with E-state index < -0.39 is 14.9 Å². The zero-order valence-electron chi connectivity index (χ0n) is 9.87. The Balaban J connectivity index is 2.67. The number of sulfonamides is 1. The molecule has 0 bridgehead atoms. The van der Waals surface area contributed by atoms with Crippen molar-refractivity contribution in [1.82, 2.24) is 4.98 Å². The molecule has 6 N–H and O–H groups in total. The first-order chi connectivity index (χ1) is 8.81. The van der Waals surface area contributed by atoms with Crippen LogP contribution >= 0.6 is 0 Å². The first-order valence-corrected chi connectivity index (χ1v) is 6.91. The molecule has 0 aromatic carbocycles. The summed E-state index contributed by atoms with van der Waals surface area (Å²) in [6, 6.07) is 2.40. The Morgan fingerprint density at radius 1 is 1.37 bits per heavy atom. The maximum absolute atomic E-state index is 10.7. The average molecular weight is 290 g/mol. The van der Waals surface area contributed by atoms with Gasteiger partial charge in [-0.15, -0.1) is 0 Å². The molecule has 0 amide bonds. The van der Waals surface area contributed by atoms with Crippen LogP contribution in [0.5, 0.6) is 0 Å². The van der Waals surface area contributed by atoms with Gasteiger partial charge >= 0.3 is 0 Å². The third kappa shape index (κ3) is 5.46. The highest BCUT2D eigenvalue weighted by Crippen LogP contribution is 2.19. The summed E-state index contributed by atoms with van der Waals surface area (Å²) in [5.41, 5.74) is 2.02. The summed E-state index contributed by atoms with van der Waals surface area (Å²) in [4.78, 5) is 14.0. The molecule has 19 heavy (non-hydrogen) atoms. The standard InChI is InChI=1S/C8H14N6O4S/c9-13-8-5-6(14(15)16)4-7(12-8)11-2-1-3-19(10,17)18/h4-5H,1-3,9H2,(H2,10,17,18)(H2,11,12,13). The van der Waals surface area contributed by atoms with Crippen LogP contribution in [0.1, 0.15) is 6.42 Å². The van der Waals surface area contributed by atoms with Crippen molar-refractivity contribution < 1.29 is 13.3 Å². The molecule has 0 unspecified atom stereocenters. The van der Waals surface area contributed by atoms with Gasteiger partial charge < -0.3 is 10.7 Å². The van der Waals surface area contributed by atoms with Gasteiger partial charge in [0.1, 0.15) is 11.6 Å². The number of aromatic nitrogens is 1. The minimum atomic E-state index is -3.51. The van der Waals surface area contributed by atoms with Crippen LogP contribution in [0.2, 0.25) is 0 Å². The SMILES string of the molecule is NNc1cc([N+](=O)[O-])cc(NCCCS(N)(=O)=O)n1. The second kappa shape index (κ2) is 6.26.